The molecule has 0 aromatic heterocycles. The number of hydrogen-bond acceptors (Lipinski definition) is 0. The first-order chi connectivity index (χ1) is 19.3. The molecule has 0 unspecified atom stereocenters. The van der Waals surface area contributed by atoms with Crippen LogP contribution in [0.25, 0.3) is 0 Å². The van der Waals surface area contributed by atoms with Crippen LogP contribution in [0.4, 0.5) is 0 Å². The summed E-state index contributed by atoms with van der Waals surface area (Å²) in [6.45, 7) is 6.93. The lowest BCUT2D eigenvalue weighted by molar-refractivity contribution is -0.00000720. The Morgan fingerprint density at radius 2 is 0.925 bits per heavy atom. The molecule has 0 amide bonds. The lowest BCUT2D eigenvalue weighted by Gasteiger charge is -2.27. The van der Waals surface area contributed by atoms with Crippen molar-refractivity contribution in [3.8, 4) is 0 Å². The molecule has 5 aromatic carbocycles. The molecule has 0 atom stereocenters. The zero-order valence-electron chi connectivity index (χ0n) is 22.1. The quantitative estimate of drug-likeness (QED) is 0.215. The Morgan fingerprint density at radius 3 is 1.35 bits per heavy atom. The standard InChI is InChI=1S/C36H30P3.BrH/c1-3-38(29-19-9-5-10-20-29,30-21-11-6-12-22-30)35-33-27-17-18-28-34(33)36(37-35)39(4-2,31-23-13-7-14-24-31)32-25-15-8-16-26-32;/h3-28H,1-2H2;1H/q+1;/p-1. The van der Waals surface area contributed by atoms with E-state index in [9.17, 15) is 0 Å². The van der Waals surface area contributed by atoms with E-state index in [0.717, 1.165) is 0 Å². The van der Waals surface area contributed by atoms with Gasteiger partial charge in [-0.25, -0.2) is 0 Å². The minimum atomic E-state index is -2.13. The summed E-state index contributed by atoms with van der Waals surface area (Å²) in [7, 11) is -0.877. The van der Waals surface area contributed by atoms with Crippen LogP contribution in [0.5, 0.6) is 0 Å². The minimum Gasteiger partial charge on any atom is -1.00 e. The van der Waals surface area contributed by atoms with Gasteiger partial charge in [0.05, 0.1) is 5.82 Å². The van der Waals surface area contributed by atoms with E-state index >= 15 is 0 Å². The zero-order chi connectivity index (χ0) is 26.7. The Morgan fingerprint density at radius 1 is 0.525 bits per heavy atom. The van der Waals surface area contributed by atoms with E-state index in [2.05, 4.69) is 170 Å². The van der Waals surface area contributed by atoms with Crippen LogP contribution < -0.4 is 38.2 Å². The second-order valence-electron chi connectivity index (χ2n) is 9.46. The van der Waals surface area contributed by atoms with Crippen molar-refractivity contribution in [1.82, 2.24) is 0 Å². The number of hydrogen-bond donors (Lipinski definition) is 0. The lowest BCUT2D eigenvalue weighted by Crippen LogP contribution is -3.00. The molecule has 0 saturated heterocycles. The Kier molecular flexibility index (Phi) is 8.71. The Bertz CT molecular complexity index is 1640. The van der Waals surface area contributed by atoms with Crippen LogP contribution in [-0.4, -0.2) is 10.1 Å². The lowest BCUT2D eigenvalue weighted by atomic mass is 10.1. The highest BCUT2D eigenvalue weighted by atomic mass is 79.9. The van der Waals surface area contributed by atoms with Gasteiger partial charge in [-0.05, 0) is 61.6 Å². The molecule has 0 fully saturated rings. The highest BCUT2D eigenvalue weighted by Crippen LogP contribution is 2.66. The topological polar surface area (TPSA) is 0 Å². The molecule has 6 rings (SSSR count). The monoisotopic (exact) mass is 634 g/mol. The predicted octanol–water partition coefficient (Wildman–Crippen LogP) is 5.23. The van der Waals surface area contributed by atoms with Gasteiger partial charge in [-0.15, -0.1) is 0 Å². The summed E-state index contributed by atoms with van der Waals surface area (Å²) in [5.41, 5.74) is 2.68. The van der Waals surface area contributed by atoms with E-state index in [1.165, 1.54) is 50.6 Å². The number of halogens is 1. The Hall–Kier alpha value is -3.04. The van der Waals surface area contributed by atoms with Gasteiger partial charge < -0.3 is 17.0 Å². The molecular weight excluding hydrogens is 605 g/mol. The molecule has 0 nitrogen and oxygen atoms in total. The van der Waals surface area contributed by atoms with E-state index < -0.39 is 14.1 Å². The van der Waals surface area contributed by atoms with Gasteiger partial charge in [-0.2, -0.15) is 0 Å². The van der Waals surface area contributed by atoms with E-state index in [-0.39, 0.29) is 17.0 Å². The third kappa shape index (κ3) is 4.57. The Labute approximate surface area is 251 Å². The van der Waals surface area contributed by atoms with Gasteiger partial charge in [0, 0.05) is 10.6 Å². The van der Waals surface area contributed by atoms with Crippen molar-refractivity contribution in [2.24, 2.45) is 0 Å². The molecule has 0 radical (unpaired) electrons. The van der Waals surface area contributed by atoms with Crippen LogP contribution in [0, 0.1) is 0 Å². The molecule has 0 bridgehead atoms. The van der Waals surface area contributed by atoms with Gasteiger partial charge in [-0.1, -0.05) is 134 Å². The van der Waals surface area contributed by atoms with Crippen LogP contribution in [0.15, 0.2) is 170 Å². The number of rotatable bonds is 7. The molecule has 40 heavy (non-hydrogen) atoms. The predicted molar refractivity (Wildman–Crippen MR) is 180 cm³/mol. The first-order valence-corrected chi connectivity index (χ1v) is 17.7. The maximum absolute atomic E-state index is 4.53. The first kappa shape index (κ1) is 28.5. The van der Waals surface area contributed by atoms with Crippen LogP contribution in [0.3, 0.4) is 0 Å². The molecule has 0 N–H and O–H groups in total. The third-order valence-electron chi connectivity index (χ3n) is 7.49. The minimum absolute atomic E-state index is 0. The average molecular weight is 635 g/mol. The highest BCUT2D eigenvalue weighted by Gasteiger charge is 2.49. The largest absolute Gasteiger partial charge is 1.00 e. The van der Waals surface area contributed by atoms with Gasteiger partial charge in [0.1, 0.15) is 22.9 Å². The third-order valence-corrected chi connectivity index (χ3v) is 18.3. The molecule has 0 spiro atoms. The van der Waals surface area contributed by atoms with Crippen molar-refractivity contribution in [1.29, 1.82) is 0 Å². The van der Waals surface area contributed by atoms with E-state index in [1.807, 2.05) is 0 Å². The summed E-state index contributed by atoms with van der Waals surface area (Å²) >= 11 is 0. The van der Waals surface area contributed by atoms with Crippen molar-refractivity contribution in [3.63, 3.8) is 0 Å². The second-order valence-corrected chi connectivity index (χ2v) is 17.9. The number of benzene rings is 5. The second kappa shape index (κ2) is 12.2. The fraction of sp³-hybridized carbons (Fsp3) is 0. The fourth-order valence-electron chi connectivity index (χ4n) is 5.67. The van der Waals surface area contributed by atoms with Gasteiger partial charge in [0.2, 0.25) is 0 Å². The molecule has 4 heteroatoms. The maximum atomic E-state index is 4.53. The van der Waals surface area contributed by atoms with E-state index in [1.54, 1.807) is 0 Å². The van der Waals surface area contributed by atoms with Gasteiger partial charge >= 0.3 is 0 Å². The highest BCUT2D eigenvalue weighted by molar-refractivity contribution is 8.15. The molecule has 0 saturated carbocycles. The first-order valence-electron chi connectivity index (χ1n) is 13.1. The summed E-state index contributed by atoms with van der Waals surface area (Å²) in [5.74, 6) is 4.53. The van der Waals surface area contributed by atoms with Gasteiger partial charge in [0.15, 0.2) is 0 Å². The summed E-state index contributed by atoms with van der Waals surface area (Å²) in [6.07, 6.45) is 0. The zero-order valence-corrected chi connectivity index (χ0v) is 26.4. The average Bonchev–Trinajstić information content (AvgIpc) is 3.41. The van der Waals surface area contributed by atoms with Crippen molar-refractivity contribution >= 4 is 53.6 Å². The van der Waals surface area contributed by atoms with Crippen LogP contribution >= 0.6 is 22.4 Å². The summed E-state index contributed by atoms with van der Waals surface area (Å²) in [5, 5.41) is 8.27. The molecule has 1 aliphatic heterocycles. The smallest absolute Gasteiger partial charge is 0.143 e. The summed E-state index contributed by atoms with van der Waals surface area (Å²) in [6, 6.07) is 53.0. The number of fused-ring (bicyclic) bond motifs is 1. The molecule has 5 aromatic rings. The molecule has 1 heterocycles. The van der Waals surface area contributed by atoms with Crippen molar-refractivity contribution < 1.29 is 17.0 Å². The SMILES string of the molecule is C=CP(=C1P=C([P+](C=C)(c2ccccc2)c2ccccc2)c2ccccc21)(c1ccccc1)c1ccccc1.[Br-]. The van der Waals surface area contributed by atoms with Gasteiger partial charge in [0.25, 0.3) is 0 Å². The normalized spacial score (nSPS) is 13.0. The summed E-state index contributed by atoms with van der Waals surface area (Å²) in [4.78, 5) is 0. The van der Waals surface area contributed by atoms with Crippen LogP contribution in [0.2, 0.25) is 0 Å². The van der Waals surface area contributed by atoms with E-state index in [4.69, 9.17) is 0 Å². The van der Waals surface area contributed by atoms with Crippen molar-refractivity contribution in [2.75, 3.05) is 0 Å². The van der Waals surface area contributed by atoms with Crippen molar-refractivity contribution in [2.45, 2.75) is 0 Å². The molecule has 196 valence electrons. The molecular formula is C36H30BrP3. The van der Waals surface area contributed by atoms with Crippen molar-refractivity contribution in [3.05, 3.63) is 182 Å². The van der Waals surface area contributed by atoms with Crippen LogP contribution in [0.1, 0.15) is 11.1 Å². The maximum Gasteiger partial charge on any atom is 0.143 e. The van der Waals surface area contributed by atoms with E-state index in [0.29, 0.717) is 0 Å². The summed E-state index contributed by atoms with van der Waals surface area (Å²) < 4.78 is 0. The molecule has 1 aliphatic rings. The molecule has 0 aliphatic carbocycles. The fourth-order valence-corrected chi connectivity index (χ4v) is 17.0. The Balaban J connectivity index is 0.00000323. The van der Waals surface area contributed by atoms with Crippen LogP contribution in [-0.2, 0) is 0 Å². The van der Waals surface area contributed by atoms with Gasteiger partial charge in [-0.3, -0.25) is 0 Å².